The Morgan fingerprint density at radius 1 is 1.04 bits per heavy atom. The zero-order valence-electron chi connectivity index (χ0n) is 14.0. The molecule has 0 saturated heterocycles. The van der Waals surface area contributed by atoms with E-state index in [4.69, 9.17) is 30.8 Å². The second-order valence-electron chi connectivity index (χ2n) is 5.27. The zero-order chi connectivity index (χ0) is 20.1. The normalized spacial score (nSPS) is 11.0. The molecule has 4 N–H and O–H groups in total. The number of nitrogens with one attached hydrogen (secondary N) is 1. The predicted octanol–water partition coefficient (Wildman–Crippen LogP) is 2.07. The Labute approximate surface area is 163 Å². The van der Waals surface area contributed by atoms with Crippen LogP contribution in [-0.2, 0) is 4.57 Å². The molecular weight excluding hydrogens is 409 g/mol. The first kappa shape index (κ1) is 19.8. The van der Waals surface area contributed by atoms with Gasteiger partial charge in [-0.1, -0.05) is 11.6 Å². The molecule has 3 aromatic heterocycles. The van der Waals surface area contributed by atoms with Crippen molar-refractivity contribution in [1.29, 1.82) is 0 Å². The summed E-state index contributed by atoms with van der Waals surface area (Å²) in [5.74, 6) is 1.38. The van der Waals surface area contributed by atoms with Crippen LogP contribution in [0.4, 0.5) is 11.5 Å². The summed E-state index contributed by atoms with van der Waals surface area (Å²) in [7, 11) is -4.64. The number of pyridine rings is 1. The molecule has 13 heteroatoms. The van der Waals surface area contributed by atoms with Crippen LogP contribution in [-0.4, -0.2) is 44.4 Å². The van der Waals surface area contributed by atoms with E-state index in [0.29, 0.717) is 16.7 Å². The fourth-order valence-electron chi connectivity index (χ4n) is 2.19. The Morgan fingerprint density at radius 2 is 1.82 bits per heavy atom. The van der Waals surface area contributed by atoms with Gasteiger partial charge in [-0.3, -0.25) is 0 Å². The average molecular weight is 422 g/mol. The largest absolute Gasteiger partial charge is 0.466 e. The van der Waals surface area contributed by atoms with E-state index < -0.39 is 7.82 Å². The molecule has 0 atom stereocenters. The molecule has 0 aliphatic rings. The van der Waals surface area contributed by atoms with Crippen LogP contribution in [0.2, 0.25) is 5.02 Å². The number of fused-ring (bicyclic) bond motifs is 1. The molecule has 4 aromatic rings. The lowest BCUT2D eigenvalue weighted by Crippen LogP contribution is -2.00. The first-order valence-corrected chi connectivity index (χ1v) is 9.50. The molecule has 0 saturated carbocycles. The zero-order valence-corrected chi connectivity index (χ0v) is 15.6. The molecule has 4 rings (SSSR count). The predicted molar refractivity (Wildman–Crippen MR) is 101 cm³/mol. The summed E-state index contributed by atoms with van der Waals surface area (Å²) in [6.07, 6.45) is 6.27. The Kier molecular flexibility index (Phi) is 5.93. The molecule has 0 radical (unpaired) electrons. The first-order valence-electron chi connectivity index (χ1n) is 7.56. The van der Waals surface area contributed by atoms with Gasteiger partial charge < -0.3 is 20.0 Å². The number of hydrogen-bond donors (Lipinski definition) is 4. The molecule has 11 nitrogen and oxygen atoms in total. The third-order valence-corrected chi connectivity index (χ3v) is 3.50. The third kappa shape index (κ3) is 5.52. The summed E-state index contributed by atoms with van der Waals surface area (Å²) in [6, 6.07) is 9.24. The van der Waals surface area contributed by atoms with Crippen molar-refractivity contribution in [1.82, 2.24) is 29.7 Å². The molecule has 144 valence electrons. The van der Waals surface area contributed by atoms with Crippen molar-refractivity contribution in [2.75, 3.05) is 5.32 Å². The van der Waals surface area contributed by atoms with E-state index in [9.17, 15) is 0 Å². The Morgan fingerprint density at radius 3 is 2.46 bits per heavy atom. The van der Waals surface area contributed by atoms with Crippen molar-refractivity contribution >= 4 is 41.8 Å². The van der Waals surface area contributed by atoms with Gasteiger partial charge in [0.1, 0.15) is 24.8 Å². The van der Waals surface area contributed by atoms with Gasteiger partial charge >= 0.3 is 7.82 Å². The van der Waals surface area contributed by atoms with Crippen LogP contribution in [0.1, 0.15) is 0 Å². The molecule has 3 heterocycles. The minimum Gasteiger partial charge on any atom is -0.338 e. The van der Waals surface area contributed by atoms with Gasteiger partial charge in [0.15, 0.2) is 5.82 Å². The van der Waals surface area contributed by atoms with Gasteiger partial charge in [0, 0.05) is 10.4 Å². The van der Waals surface area contributed by atoms with Crippen molar-refractivity contribution in [3.05, 3.63) is 60.5 Å². The highest BCUT2D eigenvalue weighted by Crippen LogP contribution is 2.26. The van der Waals surface area contributed by atoms with E-state index in [1.54, 1.807) is 23.3 Å². The Hall–Kier alpha value is -2.95. The number of phosphoric acid groups is 1. The second kappa shape index (κ2) is 8.38. The molecule has 1 aromatic carbocycles. The Balaban J connectivity index is 0.000000403. The topological polar surface area (TPSA) is 159 Å². The smallest absolute Gasteiger partial charge is 0.338 e. The number of nitrogens with zero attached hydrogens (tertiary/aromatic N) is 6. The van der Waals surface area contributed by atoms with E-state index in [1.165, 1.54) is 12.7 Å². The number of halogens is 1. The van der Waals surface area contributed by atoms with E-state index >= 15 is 0 Å². The van der Waals surface area contributed by atoms with Gasteiger partial charge in [0.25, 0.3) is 0 Å². The van der Waals surface area contributed by atoms with E-state index in [1.807, 2.05) is 24.3 Å². The van der Waals surface area contributed by atoms with Crippen molar-refractivity contribution in [3.63, 3.8) is 0 Å². The van der Waals surface area contributed by atoms with Crippen molar-refractivity contribution < 1.29 is 19.2 Å². The summed E-state index contributed by atoms with van der Waals surface area (Å²) in [5, 5.41) is 8.80. The quantitative estimate of drug-likeness (QED) is 0.360. The van der Waals surface area contributed by atoms with Gasteiger partial charge in [0.05, 0.1) is 17.4 Å². The van der Waals surface area contributed by atoms with Crippen LogP contribution in [0.25, 0.3) is 16.7 Å². The molecule has 0 bridgehead atoms. The van der Waals surface area contributed by atoms with Crippen LogP contribution in [0, 0.1) is 0 Å². The van der Waals surface area contributed by atoms with Crippen LogP contribution < -0.4 is 5.32 Å². The van der Waals surface area contributed by atoms with Gasteiger partial charge in [-0.15, -0.1) is 0 Å². The van der Waals surface area contributed by atoms with Crippen LogP contribution in [0.5, 0.6) is 0 Å². The van der Waals surface area contributed by atoms with E-state index in [-0.39, 0.29) is 0 Å². The van der Waals surface area contributed by atoms with Crippen molar-refractivity contribution in [2.24, 2.45) is 0 Å². The van der Waals surface area contributed by atoms with E-state index in [2.05, 4.69) is 30.4 Å². The summed E-state index contributed by atoms with van der Waals surface area (Å²) >= 11 is 5.99. The molecule has 0 unspecified atom stereocenters. The lowest BCUT2D eigenvalue weighted by Gasteiger charge is -2.08. The van der Waals surface area contributed by atoms with Crippen molar-refractivity contribution in [3.8, 4) is 5.82 Å². The Bertz CT molecular complexity index is 1110. The standard InChI is InChI=1S/C15H10ClN7.H3O4P/c16-10-1-3-12-13(5-10)19-8-20-15(12)22-11-2-4-14(18-6-11)23-9-17-7-21-23;1-5(2,3)4/h1-9H,(H,19,20,22);(H3,1,2,3,4). The number of anilines is 2. The van der Waals surface area contributed by atoms with Gasteiger partial charge in [0.2, 0.25) is 0 Å². The maximum absolute atomic E-state index is 8.88. The molecule has 28 heavy (non-hydrogen) atoms. The second-order valence-corrected chi connectivity index (χ2v) is 6.73. The summed E-state index contributed by atoms with van der Waals surface area (Å²) < 4.78 is 10.5. The number of aromatic nitrogens is 6. The van der Waals surface area contributed by atoms with Crippen LogP contribution in [0.15, 0.2) is 55.5 Å². The summed E-state index contributed by atoms with van der Waals surface area (Å²) in [6.45, 7) is 0. The molecule has 0 amide bonds. The lowest BCUT2D eigenvalue weighted by molar-refractivity contribution is 0.275. The first-order chi connectivity index (χ1) is 13.3. The minimum absolute atomic E-state index is 0.640. The summed E-state index contributed by atoms with van der Waals surface area (Å²) in [5.41, 5.74) is 1.59. The highest BCUT2D eigenvalue weighted by atomic mass is 35.5. The number of rotatable bonds is 3. The van der Waals surface area contributed by atoms with Gasteiger partial charge in [-0.25, -0.2) is 29.2 Å². The SMILES string of the molecule is Clc1ccc2c(Nc3ccc(-n4cncn4)nc3)ncnc2c1.O=P(O)(O)O. The van der Waals surface area contributed by atoms with E-state index in [0.717, 1.165) is 16.6 Å². The molecule has 0 spiro atoms. The van der Waals surface area contributed by atoms with Gasteiger partial charge in [-0.05, 0) is 30.3 Å². The maximum atomic E-state index is 8.88. The molecule has 0 aliphatic carbocycles. The molecule has 0 fully saturated rings. The molecule has 0 aliphatic heterocycles. The monoisotopic (exact) mass is 421 g/mol. The fourth-order valence-corrected chi connectivity index (χ4v) is 2.35. The maximum Gasteiger partial charge on any atom is 0.466 e. The number of hydrogen-bond acceptors (Lipinski definition) is 7. The summed E-state index contributed by atoms with van der Waals surface area (Å²) in [4.78, 5) is 38.3. The van der Waals surface area contributed by atoms with Crippen LogP contribution in [0.3, 0.4) is 0 Å². The van der Waals surface area contributed by atoms with Gasteiger partial charge in [-0.2, -0.15) is 5.10 Å². The highest BCUT2D eigenvalue weighted by molar-refractivity contribution is 7.45. The van der Waals surface area contributed by atoms with Crippen LogP contribution >= 0.6 is 19.4 Å². The minimum atomic E-state index is -4.64. The fraction of sp³-hybridized carbons (Fsp3) is 0. The third-order valence-electron chi connectivity index (χ3n) is 3.26. The average Bonchev–Trinajstić information content (AvgIpc) is 3.15. The number of benzene rings is 1. The lowest BCUT2D eigenvalue weighted by atomic mass is 10.2. The molecular formula is C15H13ClN7O4P. The highest BCUT2D eigenvalue weighted by Gasteiger charge is 2.06. The van der Waals surface area contributed by atoms with Crippen molar-refractivity contribution in [2.45, 2.75) is 0 Å².